The van der Waals surface area contributed by atoms with Gasteiger partial charge in [0.2, 0.25) is 5.91 Å². The summed E-state index contributed by atoms with van der Waals surface area (Å²) < 4.78 is 14.7. The molecule has 5 rings (SSSR count). The number of para-hydroxylation sites is 1. The minimum absolute atomic E-state index is 0.0401. The third-order valence-electron chi connectivity index (χ3n) is 8.02. The van der Waals surface area contributed by atoms with Crippen LogP contribution < -0.4 is 4.90 Å². The van der Waals surface area contributed by atoms with Crippen LogP contribution in [0.3, 0.4) is 0 Å². The molecule has 0 aromatic heterocycles. The Hall–Kier alpha value is -2.44. The number of benzene rings is 2. The summed E-state index contributed by atoms with van der Waals surface area (Å²) in [6.45, 7) is 2.97. The average Bonchev–Trinajstić information content (AvgIpc) is 3.50. The summed E-state index contributed by atoms with van der Waals surface area (Å²) in [5.74, 6) is -0.691. The molecule has 2 aliphatic heterocycles. The average molecular weight is 453 g/mol. The maximum absolute atomic E-state index is 14.7. The third kappa shape index (κ3) is 4.15. The van der Waals surface area contributed by atoms with Gasteiger partial charge in [-0.1, -0.05) is 36.4 Å². The molecule has 2 aromatic rings. The SMILES string of the molecule is O=C(Cc1ccccc1N1CCCC1)N1CC2CC(CO)CC(O)(c3ccccc3F)C2C1. The van der Waals surface area contributed by atoms with Crippen LogP contribution in [0.5, 0.6) is 0 Å². The highest BCUT2D eigenvalue weighted by atomic mass is 19.1. The van der Waals surface area contributed by atoms with Gasteiger partial charge < -0.3 is 20.0 Å². The van der Waals surface area contributed by atoms with Crippen LogP contribution in [0.4, 0.5) is 10.1 Å². The Kier molecular flexibility index (Phi) is 6.14. The van der Waals surface area contributed by atoms with E-state index in [9.17, 15) is 19.4 Å². The molecule has 2 aromatic carbocycles. The number of likely N-dealkylation sites (tertiary alicyclic amines) is 1. The Morgan fingerprint density at radius 3 is 2.55 bits per heavy atom. The van der Waals surface area contributed by atoms with Crippen molar-refractivity contribution in [2.24, 2.45) is 17.8 Å². The lowest BCUT2D eigenvalue weighted by Crippen LogP contribution is -2.47. The summed E-state index contributed by atoms with van der Waals surface area (Å²) in [4.78, 5) is 17.6. The third-order valence-corrected chi connectivity index (χ3v) is 8.02. The van der Waals surface area contributed by atoms with Crippen LogP contribution >= 0.6 is 0 Å². The van der Waals surface area contributed by atoms with Crippen molar-refractivity contribution >= 4 is 11.6 Å². The minimum atomic E-state index is -1.38. The van der Waals surface area contributed by atoms with Crippen molar-refractivity contribution in [2.75, 3.05) is 37.7 Å². The highest BCUT2D eigenvalue weighted by molar-refractivity contribution is 5.81. The van der Waals surface area contributed by atoms with Crippen LogP contribution in [0.15, 0.2) is 48.5 Å². The van der Waals surface area contributed by atoms with E-state index >= 15 is 0 Å². The molecular formula is C27H33FN2O3. The number of carbonyl (C=O) groups excluding carboxylic acids is 1. The van der Waals surface area contributed by atoms with Crippen LogP contribution in [0.25, 0.3) is 0 Å². The Morgan fingerprint density at radius 1 is 1.06 bits per heavy atom. The van der Waals surface area contributed by atoms with Gasteiger partial charge in [0.25, 0.3) is 0 Å². The van der Waals surface area contributed by atoms with Gasteiger partial charge in [-0.3, -0.25) is 4.79 Å². The Bertz CT molecular complexity index is 1010. The molecule has 176 valence electrons. The van der Waals surface area contributed by atoms with E-state index in [1.807, 2.05) is 23.1 Å². The molecule has 5 nitrogen and oxygen atoms in total. The van der Waals surface area contributed by atoms with E-state index in [4.69, 9.17) is 0 Å². The van der Waals surface area contributed by atoms with Crippen molar-refractivity contribution in [3.8, 4) is 0 Å². The highest BCUT2D eigenvalue weighted by Crippen LogP contribution is 2.50. The van der Waals surface area contributed by atoms with Crippen LogP contribution in [0.2, 0.25) is 0 Å². The van der Waals surface area contributed by atoms with E-state index in [-0.39, 0.29) is 35.8 Å². The fourth-order valence-corrected chi connectivity index (χ4v) is 6.42. The van der Waals surface area contributed by atoms with E-state index < -0.39 is 11.4 Å². The topological polar surface area (TPSA) is 64.0 Å². The highest BCUT2D eigenvalue weighted by Gasteiger charge is 2.53. The molecule has 2 N–H and O–H groups in total. The maximum atomic E-state index is 14.7. The second-order valence-electron chi connectivity index (χ2n) is 10.1. The zero-order valence-corrected chi connectivity index (χ0v) is 19.0. The molecule has 0 radical (unpaired) electrons. The predicted molar refractivity (Wildman–Crippen MR) is 125 cm³/mol. The van der Waals surface area contributed by atoms with E-state index in [2.05, 4.69) is 11.0 Å². The lowest BCUT2D eigenvalue weighted by atomic mass is 9.64. The molecule has 4 unspecified atom stereocenters. The summed E-state index contributed by atoms with van der Waals surface area (Å²) in [6.07, 6.45) is 3.74. The molecule has 0 bridgehead atoms. The number of amides is 1. The Balaban J connectivity index is 1.37. The second kappa shape index (κ2) is 9.07. The predicted octanol–water partition coefficient (Wildman–Crippen LogP) is 3.33. The number of hydrogen-bond donors (Lipinski definition) is 2. The van der Waals surface area contributed by atoms with Crippen molar-refractivity contribution in [3.63, 3.8) is 0 Å². The molecular weight excluding hydrogens is 419 g/mol. The normalized spacial score (nSPS) is 29.4. The molecule has 2 saturated heterocycles. The fraction of sp³-hybridized carbons (Fsp3) is 0.519. The standard InChI is InChI=1S/C27H33FN2O3/c28-24-9-3-2-8-22(24)27(33)15-19(18-31)13-21-16-30(17-23(21)27)26(32)14-20-7-1-4-10-25(20)29-11-5-6-12-29/h1-4,7-10,19,21,23,31,33H,5-6,11-18H2. The lowest BCUT2D eigenvalue weighted by molar-refractivity contribution is -0.130. The molecule has 3 fully saturated rings. The number of nitrogens with zero attached hydrogens (tertiary/aromatic N) is 2. The summed E-state index contributed by atoms with van der Waals surface area (Å²) in [5.41, 5.74) is 1.08. The first-order valence-corrected chi connectivity index (χ1v) is 12.2. The second-order valence-corrected chi connectivity index (χ2v) is 10.1. The fourth-order valence-electron chi connectivity index (χ4n) is 6.42. The molecule has 0 spiro atoms. The zero-order valence-electron chi connectivity index (χ0n) is 19.0. The first kappa shape index (κ1) is 22.4. The van der Waals surface area contributed by atoms with Gasteiger partial charge in [0, 0.05) is 50.0 Å². The van der Waals surface area contributed by atoms with Crippen LogP contribution in [0.1, 0.15) is 36.8 Å². The molecule has 1 amide bonds. The van der Waals surface area contributed by atoms with Gasteiger partial charge >= 0.3 is 0 Å². The lowest BCUT2D eigenvalue weighted by Gasteiger charge is -2.44. The molecule has 1 aliphatic carbocycles. The summed E-state index contributed by atoms with van der Waals surface area (Å²) in [6, 6.07) is 14.5. The van der Waals surface area contributed by atoms with Crippen LogP contribution in [-0.2, 0) is 16.8 Å². The molecule has 33 heavy (non-hydrogen) atoms. The number of hydrogen-bond acceptors (Lipinski definition) is 4. The van der Waals surface area contributed by atoms with E-state index in [0.717, 1.165) is 30.8 Å². The first-order chi connectivity index (χ1) is 16.0. The van der Waals surface area contributed by atoms with Gasteiger partial charge in [-0.05, 0) is 55.2 Å². The molecule has 3 aliphatic rings. The number of anilines is 1. The van der Waals surface area contributed by atoms with Crippen molar-refractivity contribution in [1.29, 1.82) is 0 Å². The van der Waals surface area contributed by atoms with Gasteiger partial charge in [0.1, 0.15) is 5.82 Å². The van der Waals surface area contributed by atoms with Gasteiger partial charge in [-0.2, -0.15) is 0 Å². The number of rotatable bonds is 5. The van der Waals surface area contributed by atoms with Crippen molar-refractivity contribution in [3.05, 3.63) is 65.5 Å². The van der Waals surface area contributed by atoms with Crippen LogP contribution in [-0.4, -0.2) is 53.8 Å². The molecule has 2 heterocycles. The quantitative estimate of drug-likeness (QED) is 0.731. The van der Waals surface area contributed by atoms with Gasteiger partial charge in [-0.25, -0.2) is 4.39 Å². The van der Waals surface area contributed by atoms with E-state index in [1.165, 1.54) is 18.9 Å². The van der Waals surface area contributed by atoms with Gasteiger partial charge in [-0.15, -0.1) is 0 Å². The number of aliphatic hydroxyl groups is 2. The summed E-state index contributed by atoms with van der Waals surface area (Å²) >= 11 is 0. The molecule has 1 saturated carbocycles. The van der Waals surface area contributed by atoms with Crippen molar-refractivity contribution < 1.29 is 19.4 Å². The van der Waals surface area contributed by atoms with Gasteiger partial charge in [0.15, 0.2) is 0 Å². The largest absolute Gasteiger partial charge is 0.396 e. The number of halogens is 1. The number of fused-ring (bicyclic) bond motifs is 1. The van der Waals surface area contributed by atoms with E-state index in [1.54, 1.807) is 18.2 Å². The smallest absolute Gasteiger partial charge is 0.227 e. The monoisotopic (exact) mass is 452 g/mol. The minimum Gasteiger partial charge on any atom is -0.396 e. The zero-order chi connectivity index (χ0) is 23.0. The Morgan fingerprint density at radius 2 is 1.79 bits per heavy atom. The maximum Gasteiger partial charge on any atom is 0.227 e. The molecule has 4 atom stereocenters. The van der Waals surface area contributed by atoms with E-state index in [0.29, 0.717) is 25.9 Å². The number of carbonyl (C=O) groups is 1. The Labute approximate surface area is 194 Å². The first-order valence-electron chi connectivity index (χ1n) is 12.2. The summed E-state index contributed by atoms with van der Waals surface area (Å²) in [7, 11) is 0. The summed E-state index contributed by atoms with van der Waals surface area (Å²) in [5, 5.41) is 21.7. The number of aliphatic hydroxyl groups excluding tert-OH is 1. The molecule has 6 heteroatoms. The van der Waals surface area contributed by atoms with Gasteiger partial charge in [0.05, 0.1) is 12.0 Å². The van der Waals surface area contributed by atoms with Crippen LogP contribution in [0, 0.1) is 23.6 Å². The van der Waals surface area contributed by atoms with Crippen molar-refractivity contribution in [2.45, 2.75) is 37.7 Å². The van der Waals surface area contributed by atoms with Crippen molar-refractivity contribution in [1.82, 2.24) is 4.90 Å².